The summed E-state index contributed by atoms with van der Waals surface area (Å²) in [7, 11) is 5.59. The van der Waals surface area contributed by atoms with E-state index in [1.807, 2.05) is 46.3 Å². The normalized spacial score (nSPS) is 11.3. The molecular weight excluding hydrogens is 442 g/mol. The second kappa shape index (κ2) is 19.1. The number of rotatable bonds is 8. The third-order valence-corrected chi connectivity index (χ3v) is 5.32. The maximum atomic E-state index is 10.6. The number of aryl methyl sites for hydroxylation is 1. The molecule has 3 rings (SSSR count). The molecule has 0 saturated carbocycles. The lowest BCUT2D eigenvalue weighted by Crippen LogP contribution is -2.19. The van der Waals surface area contributed by atoms with Gasteiger partial charge in [0, 0.05) is 38.4 Å². The molecule has 194 valence electrons. The summed E-state index contributed by atoms with van der Waals surface area (Å²) in [6, 6.07) is 8.40. The molecule has 0 saturated heterocycles. The highest BCUT2D eigenvalue weighted by Crippen LogP contribution is 2.27. The summed E-state index contributed by atoms with van der Waals surface area (Å²) >= 11 is 0. The number of hydrogen-bond donors (Lipinski definition) is 3. The van der Waals surface area contributed by atoms with E-state index < -0.39 is 0 Å². The van der Waals surface area contributed by atoms with Crippen LogP contribution in [0.1, 0.15) is 63.6 Å². The lowest BCUT2D eigenvalue weighted by atomic mass is 10.2. The second-order valence-electron chi connectivity index (χ2n) is 7.84. The molecule has 0 aliphatic heterocycles. The topological polar surface area (TPSA) is 109 Å². The van der Waals surface area contributed by atoms with Crippen LogP contribution in [0, 0.1) is 5.92 Å². The fourth-order valence-electron chi connectivity index (χ4n) is 2.37. The number of hydrogen-bond acceptors (Lipinski definition) is 8. The minimum absolute atomic E-state index is 0.255. The SMILES string of the molecule is CCC(C)NC.CC[C@H](C)C=O.CCc1ccc(NC)nc1.CNc1c(C=O)oc2ncccc12. The quantitative estimate of drug-likeness (QED) is 0.354. The van der Waals surface area contributed by atoms with Crippen molar-refractivity contribution in [2.24, 2.45) is 5.92 Å². The minimum Gasteiger partial charge on any atom is -0.433 e. The van der Waals surface area contributed by atoms with Crippen LogP contribution in [-0.2, 0) is 11.2 Å². The van der Waals surface area contributed by atoms with E-state index >= 15 is 0 Å². The number of aromatic nitrogens is 2. The van der Waals surface area contributed by atoms with Crippen molar-refractivity contribution in [3.05, 3.63) is 48.0 Å². The fourth-order valence-corrected chi connectivity index (χ4v) is 2.37. The van der Waals surface area contributed by atoms with E-state index in [1.165, 1.54) is 12.0 Å². The molecule has 8 nitrogen and oxygen atoms in total. The Morgan fingerprint density at radius 2 is 1.69 bits per heavy atom. The smallest absolute Gasteiger partial charge is 0.229 e. The van der Waals surface area contributed by atoms with Gasteiger partial charge in [-0.05, 0) is 57.0 Å². The van der Waals surface area contributed by atoms with E-state index in [2.05, 4.69) is 52.8 Å². The van der Waals surface area contributed by atoms with Gasteiger partial charge in [0.1, 0.15) is 12.1 Å². The van der Waals surface area contributed by atoms with Crippen LogP contribution in [0.2, 0.25) is 0 Å². The number of nitrogens with one attached hydrogen (secondary N) is 3. The van der Waals surface area contributed by atoms with Crippen LogP contribution >= 0.6 is 0 Å². The minimum atomic E-state index is 0.255. The van der Waals surface area contributed by atoms with Crippen molar-refractivity contribution in [3.8, 4) is 0 Å². The Bertz CT molecular complexity index is 930. The van der Waals surface area contributed by atoms with E-state index in [9.17, 15) is 9.59 Å². The van der Waals surface area contributed by atoms with Gasteiger partial charge in [0.05, 0.1) is 11.1 Å². The van der Waals surface area contributed by atoms with Gasteiger partial charge < -0.3 is 25.2 Å². The Morgan fingerprint density at radius 3 is 2.06 bits per heavy atom. The molecule has 35 heavy (non-hydrogen) atoms. The van der Waals surface area contributed by atoms with Gasteiger partial charge in [-0.2, -0.15) is 0 Å². The summed E-state index contributed by atoms with van der Waals surface area (Å²) < 4.78 is 5.20. The van der Waals surface area contributed by atoms with Crippen LogP contribution in [0.25, 0.3) is 11.1 Å². The molecule has 1 unspecified atom stereocenters. The molecule has 0 amide bonds. The Labute approximate surface area is 210 Å². The number of fused-ring (bicyclic) bond motifs is 1. The molecule has 3 N–H and O–H groups in total. The van der Waals surface area contributed by atoms with Crippen molar-refractivity contribution in [2.75, 3.05) is 31.8 Å². The standard InChI is InChI=1S/C9H8N2O2.C8H12N2.C5H13N.C5H10O/c1-10-8-6-3-2-4-11-9(6)13-7(8)5-12;1-3-7-4-5-8(9-2)10-6-7;1-4-5(2)6-3;1-3-5(2)4-6/h2-5,10H,1H3;4-6H,3H2,1-2H3,(H,9,10);5-6H,4H2,1-3H3;4-5H,3H2,1-2H3/t;;;5-/m...0/s1. The Balaban J connectivity index is 0.000000470. The van der Waals surface area contributed by atoms with E-state index in [-0.39, 0.29) is 11.7 Å². The van der Waals surface area contributed by atoms with Crippen LogP contribution in [0.3, 0.4) is 0 Å². The third-order valence-electron chi connectivity index (χ3n) is 5.32. The largest absolute Gasteiger partial charge is 0.433 e. The maximum Gasteiger partial charge on any atom is 0.229 e. The fraction of sp³-hybridized carbons (Fsp3) is 0.481. The van der Waals surface area contributed by atoms with Crippen LogP contribution < -0.4 is 16.0 Å². The van der Waals surface area contributed by atoms with Gasteiger partial charge in [-0.25, -0.2) is 9.97 Å². The Hall–Kier alpha value is -3.26. The van der Waals surface area contributed by atoms with Crippen molar-refractivity contribution >= 4 is 35.2 Å². The second-order valence-corrected chi connectivity index (χ2v) is 7.84. The van der Waals surface area contributed by atoms with Crippen molar-refractivity contribution in [1.82, 2.24) is 15.3 Å². The molecule has 0 aliphatic rings. The van der Waals surface area contributed by atoms with Crippen LogP contribution in [0.5, 0.6) is 0 Å². The highest BCUT2D eigenvalue weighted by atomic mass is 16.4. The van der Waals surface area contributed by atoms with E-state index in [1.54, 1.807) is 19.3 Å². The predicted molar refractivity (Wildman–Crippen MR) is 146 cm³/mol. The van der Waals surface area contributed by atoms with Gasteiger partial charge in [0.2, 0.25) is 5.71 Å². The van der Waals surface area contributed by atoms with Crippen LogP contribution in [0.4, 0.5) is 11.5 Å². The summed E-state index contributed by atoms with van der Waals surface area (Å²) in [5.74, 6) is 1.47. The number of aldehydes is 2. The molecule has 3 heterocycles. The predicted octanol–water partition coefficient (Wildman–Crippen LogP) is 5.60. The number of carbonyl (C=O) groups excluding carboxylic acids is 2. The van der Waals surface area contributed by atoms with Gasteiger partial charge in [-0.1, -0.05) is 33.8 Å². The molecule has 3 aromatic rings. The van der Waals surface area contributed by atoms with Gasteiger partial charge in [0.25, 0.3) is 0 Å². The van der Waals surface area contributed by atoms with E-state index in [0.717, 1.165) is 30.3 Å². The molecule has 2 atom stereocenters. The van der Waals surface area contributed by atoms with Gasteiger partial charge in [-0.3, -0.25) is 4.79 Å². The molecule has 0 aromatic carbocycles. The van der Waals surface area contributed by atoms with Crippen LogP contribution in [-0.4, -0.2) is 49.7 Å². The first kappa shape index (κ1) is 31.7. The Morgan fingerprint density at radius 1 is 0.971 bits per heavy atom. The van der Waals surface area contributed by atoms with E-state index in [4.69, 9.17) is 4.42 Å². The molecule has 3 aromatic heterocycles. The average Bonchev–Trinajstić information content (AvgIpc) is 3.31. The zero-order valence-electron chi connectivity index (χ0n) is 22.5. The maximum absolute atomic E-state index is 10.6. The average molecular weight is 486 g/mol. The van der Waals surface area contributed by atoms with Crippen molar-refractivity contribution < 1.29 is 14.0 Å². The summed E-state index contributed by atoms with van der Waals surface area (Å²) in [5.41, 5.74) is 2.45. The first-order chi connectivity index (χ1) is 16.8. The highest BCUT2D eigenvalue weighted by Gasteiger charge is 2.11. The number of nitrogens with zero attached hydrogens (tertiary/aromatic N) is 2. The van der Waals surface area contributed by atoms with Crippen molar-refractivity contribution in [1.29, 1.82) is 0 Å². The van der Waals surface area contributed by atoms with Crippen LogP contribution in [0.15, 0.2) is 41.1 Å². The number of anilines is 2. The summed E-state index contributed by atoms with van der Waals surface area (Å²) in [6.07, 6.45) is 8.40. The molecule has 0 spiro atoms. The number of pyridine rings is 2. The first-order valence-electron chi connectivity index (χ1n) is 12.1. The molecular formula is C27H43N5O3. The molecule has 0 bridgehead atoms. The summed E-state index contributed by atoms with van der Waals surface area (Å²) in [6.45, 7) is 10.4. The zero-order valence-corrected chi connectivity index (χ0v) is 22.5. The van der Waals surface area contributed by atoms with Gasteiger partial charge >= 0.3 is 0 Å². The lowest BCUT2D eigenvalue weighted by Gasteiger charge is -2.02. The Kier molecular flexibility index (Phi) is 17.3. The molecule has 0 aliphatic carbocycles. The zero-order chi connectivity index (χ0) is 26.6. The summed E-state index contributed by atoms with van der Waals surface area (Å²) in [5, 5.41) is 9.81. The molecule has 0 radical (unpaired) electrons. The first-order valence-corrected chi connectivity index (χ1v) is 12.1. The van der Waals surface area contributed by atoms with E-state index in [0.29, 0.717) is 23.7 Å². The lowest BCUT2D eigenvalue weighted by molar-refractivity contribution is -0.110. The third kappa shape index (κ3) is 12.1. The monoisotopic (exact) mass is 485 g/mol. The molecule has 0 fully saturated rings. The van der Waals surface area contributed by atoms with Gasteiger partial charge in [0.15, 0.2) is 12.0 Å². The highest BCUT2D eigenvalue weighted by molar-refractivity contribution is 5.97. The van der Waals surface area contributed by atoms with Crippen molar-refractivity contribution in [2.45, 2.75) is 59.9 Å². The van der Waals surface area contributed by atoms with Crippen molar-refractivity contribution in [3.63, 3.8) is 0 Å². The van der Waals surface area contributed by atoms with Gasteiger partial charge in [-0.15, -0.1) is 0 Å². The summed E-state index contributed by atoms with van der Waals surface area (Å²) in [4.78, 5) is 28.5. The number of furan rings is 1. The molecule has 8 heteroatoms. The number of carbonyl (C=O) groups is 2.